The van der Waals surface area contributed by atoms with Gasteiger partial charge in [-0.1, -0.05) is 31.4 Å². The maximum Gasteiger partial charge on any atom is 0.227 e. The number of amides is 1. The van der Waals surface area contributed by atoms with Crippen LogP contribution >= 0.6 is 0 Å². The van der Waals surface area contributed by atoms with Crippen molar-refractivity contribution in [1.82, 2.24) is 10.2 Å². The smallest absolute Gasteiger partial charge is 0.227 e. The third kappa shape index (κ3) is 6.23. The van der Waals surface area contributed by atoms with Gasteiger partial charge in [-0.15, -0.1) is 0 Å². The van der Waals surface area contributed by atoms with E-state index in [0.29, 0.717) is 13.2 Å². The second-order valence-electron chi connectivity index (χ2n) is 9.10. The number of guanidine groups is 1. The summed E-state index contributed by atoms with van der Waals surface area (Å²) in [5, 5.41) is 6.55. The number of nitrogens with zero attached hydrogens (tertiary/aromatic N) is 2. The highest BCUT2D eigenvalue weighted by Crippen LogP contribution is 2.25. The SMILES string of the molecule is CCNC(=NCc1cccc(NC(=O)C2CCCCC2)c1)N1CCOC(C2CCCO2)C1. The van der Waals surface area contributed by atoms with Gasteiger partial charge in [0.2, 0.25) is 5.91 Å². The monoisotopic (exact) mass is 442 g/mol. The normalized spacial score (nSPS) is 25.0. The van der Waals surface area contributed by atoms with E-state index >= 15 is 0 Å². The lowest BCUT2D eigenvalue weighted by atomic mass is 9.88. The topological polar surface area (TPSA) is 75.2 Å². The molecule has 1 amide bonds. The number of benzene rings is 1. The molecular formula is C25H38N4O3. The van der Waals surface area contributed by atoms with Gasteiger partial charge in [0.05, 0.1) is 19.3 Å². The van der Waals surface area contributed by atoms with E-state index in [0.717, 1.165) is 82.0 Å². The van der Waals surface area contributed by atoms with Gasteiger partial charge in [-0.3, -0.25) is 4.79 Å². The average Bonchev–Trinajstić information content (AvgIpc) is 3.38. The van der Waals surface area contributed by atoms with Crippen LogP contribution in [0, 0.1) is 5.92 Å². The molecule has 7 nitrogen and oxygen atoms in total. The summed E-state index contributed by atoms with van der Waals surface area (Å²) >= 11 is 0. The van der Waals surface area contributed by atoms with Gasteiger partial charge in [0.15, 0.2) is 5.96 Å². The molecule has 32 heavy (non-hydrogen) atoms. The Morgan fingerprint density at radius 2 is 1.94 bits per heavy atom. The van der Waals surface area contributed by atoms with Crippen molar-refractivity contribution < 1.29 is 14.3 Å². The maximum absolute atomic E-state index is 12.6. The fourth-order valence-electron chi connectivity index (χ4n) is 4.94. The third-order valence-electron chi connectivity index (χ3n) is 6.69. The Balaban J connectivity index is 1.37. The summed E-state index contributed by atoms with van der Waals surface area (Å²) in [6, 6.07) is 8.07. The van der Waals surface area contributed by atoms with E-state index in [2.05, 4.69) is 28.5 Å². The third-order valence-corrected chi connectivity index (χ3v) is 6.69. The van der Waals surface area contributed by atoms with Gasteiger partial charge < -0.3 is 25.0 Å². The van der Waals surface area contributed by atoms with Crippen LogP contribution in [0.1, 0.15) is 57.4 Å². The van der Waals surface area contributed by atoms with Crippen molar-refractivity contribution in [1.29, 1.82) is 0 Å². The first-order valence-electron chi connectivity index (χ1n) is 12.4. The van der Waals surface area contributed by atoms with Crippen molar-refractivity contribution in [3.63, 3.8) is 0 Å². The van der Waals surface area contributed by atoms with Crippen molar-refractivity contribution in [2.45, 2.75) is 70.6 Å². The van der Waals surface area contributed by atoms with Crippen LogP contribution in [-0.4, -0.2) is 61.8 Å². The molecule has 0 spiro atoms. The van der Waals surface area contributed by atoms with Crippen LogP contribution in [0.15, 0.2) is 29.3 Å². The molecule has 2 N–H and O–H groups in total. The highest BCUT2D eigenvalue weighted by Gasteiger charge is 2.32. The first-order valence-corrected chi connectivity index (χ1v) is 12.4. The molecular weight excluding hydrogens is 404 g/mol. The fraction of sp³-hybridized carbons (Fsp3) is 0.680. The van der Waals surface area contributed by atoms with Crippen LogP contribution in [0.4, 0.5) is 5.69 Å². The van der Waals surface area contributed by atoms with Gasteiger partial charge in [0.25, 0.3) is 0 Å². The number of nitrogens with one attached hydrogen (secondary N) is 2. The molecule has 176 valence electrons. The lowest BCUT2D eigenvalue weighted by molar-refractivity contribution is -0.120. The van der Waals surface area contributed by atoms with Crippen LogP contribution < -0.4 is 10.6 Å². The Hall–Kier alpha value is -2.12. The highest BCUT2D eigenvalue weighted by atomic mass is 16.5. The summed E-state index contributed by atoms with van der Waals surface area (Å²) in [5.74, 6) is 1.23. The minimum absolute atomic E-state index is 0.105. The fourth-order valence-corrected chi connectivity index (χ4v) is 4.94. The second kappa shape index (κ2) is 11.7. The van der Waals surface area contributed by atoms with Crippen molar-refractivity contribution in [2.75, 3.05) is 38.2 Å². The molecule has 1 aliphatic carbocycles. The number of carbonyl (C=O) groups is 1. The molecule has 0 aromatic heterocycles. The van der Waals surface area contributed by atoms with Gasteiger partial charge in [0.1, 0.15) is 6.10 Å². The predicted octanol–water partition coefficient (Wildman–Crippen LogP) is 3.55. The van der Waals surface area contributed by atoms with Crippen molar-refractivity contribution in [3.8, 4) is 0 Å². The van der Waals surface area contributed by atoms with Crippen LogP contribution in [0.5, 0.6) is 0 Å². The molecule has 4 rings (SSSR count). The first-order chi connectivity index (χ1) is 15.7. The molecule has 1 aromatic carbocycles. The number of carbonyl (C=O) groups excluding carboxylic acids is 1. The summed E-state index contributed by atoms with van der Waals surface area (Å²) in [6.07, 6.45) is 8.09. The van der Waals surface area contributed by atoms with Crippen LogP contribution in [0.25, 0.3) is 0 Å². The summed E-state index contributed by atoms with van der Waals surface area (Å²) < 4.78 is 11.8. The number of hydrogen-bond acceptors (Lipinski definition) is 4. The van der Waals surface area contributed by atoms with Gasteiger partial charge in [0, 0.05) is 37.8 Å². The standard InChI is InChI=1S/C25H38N4O3/c1-2-26-25(29-13-15-32-23(18-29)22-12-7-14-31-22)27-17-19-8-6-11-21(16-19)28-24(30)20-9-4-3-5-10-20/h6,8,11,16,20,22-23H,2-5,7,9-10,12-15,17-18H2,1H3,(H,26,27)(H,28,30). The number of aliphatic imine (C=N–C) groups is 1. The van der Waals surface area contributed by atoms with E-state index in [1.165, 1.54) is 6.42 Å². The van der Waals surface area contributed by atoms with Crippen molar-refractivity contribution in [3.05, 3.63) is 29.8 Å². The average molecular weight is 443 g/mol. The lowest BCUT2D eigenvalue weighted by Gasteiger charge is -2.37. The molecule has 7 heteroatoms. The van der Waals surface area contributed by atoms with Crippen molar-refractivity contribution >= 4 is 17.6 Å². The summed E-state index contributed by atoms with van der Waals surface area (Å²) in [4.78, 5) is 19.8. The molecule has 2 atom stereocenters. The molecule has 1 aromatic rings. The largest absolute Gasteiger partial charge is 0.375 e. The minimum atomic E-state index is 0.105. The molecule has 2 unspecified atom stereocenters. The zero-order valence-corrected chi connectivity index (χ0v) is 19.4. The Morgan fingerprint density at radius 1 is 1.09 bits per heavy atom. The number of anilines is 1. The van der Waals surface area contributed by atoms with Crippen LogP contribution in [0.2, 0.25) is 0 Å². The summed E-state index contributed by atoms with van der Waals surface area (Å²) in [6.45, 7) is 6.63. The summed E-state index contributed by atoms with van der Waals surface area (Å²) in [7, 11) is 0. The molecule has 0 radical (unpaired) electrons. The Bertz CT molecular complexity index is 772. The van der Waals surface area contributed by atoms with Gasteiger partial charge in [-0.05, 0) is 50.3 Å². The van der Waals surface area contributed by atoms with Gasteiger partial charge in [-0.25, -0.2) is 4.99 Å². The maximum atomic E-state index is 12.6. The lowest BCUT2D eigenvalue weighted by Crippen LogP contribution is -2.53. The molecule has 2 saturated heterocycles. The first kappa shape index (κ1) is 23.1. The molecule has 0 bridgehead atoms. The number of ether oxygens (including phenoxy) is 2. The van der Waals surface area contributed by atoms with E-state index in [-0.39, 0.29) is 24.0 Å². The van der Waals surface area contributed by atoms with E-state index in [1.807, 2.05) is 18.2 Å². The molecule has 3 fully saturated rings. The number of rotatable bonds is 6. The minimum Gasteiger partial charge on any atom is -0.375 e. The predicted molar refractivity (Wildman–Crippen MR) is 127 cm³/mol. The van der Waals surface area contributed by atoms with E-state index in [9.17, 15) is 4.79 Å². The summed E-state index contributed by atoms with van der Waals surface area (Å²) in [5.41, 5.74) is 1.95. The van der Waals surface area contributed by atoms with E-state index in [4.69, 9.17) is 14.5 Å². The van der Waals surface area contributed by atoms with Gasteiger partial charge in [-0.2, -0.15) is 0 Å². The molecule has 3 aliphatic rings. The number of morpholine rings is 1. The Morgan fingerprint density at radius 3 is 2.72 bits per heavy atom. The van der Waals surface area contributed by atoms with Crippen molar-refractivity contribution in [2.24, 2.45) is 10.9 Å². The zero-order valence-electron chi connectivity index (χ0n) is 19.4. The van der Waals surface area contributed by atoms with Gasteiger partial charge >= 0.3 is 0 Å². The quantitative estimate of drug-likeness (QED) is 0.521. The molecule has 1 saturated carbocycles. The Labute approximate surface area is 191 Å². The second-order valence-corrected chi connectivity index (χ2v) is 9.10. The molecule has 2 aliphatic heterocycles. The zero-order chi connectivity index (χ0) is 22.2. The molecule has 2 heterocycles. The van der Waals surface area contributed by atoms with E-state index < -0.39 is 0 Å². The highest BCUT2D eigenvalue weighted by molar-refractivity contribution is 5.92. The number of hydrogen-bond donors (Lipinski definition) is 2. The van der Waals surface area contributed by atoms with E-state index in [1.54, 1.807) is 0 Å². The Kier molecular flexibility index (Phi) is 8.40. The van der Waals surface area contributed by atoms with Crippen LogP contribution in [0.3, 0.4) is 0 Å². The van der Waals surface area contributed by atoms with Crippen LogP contribution in [-0.2, 0) is 20.8 Å².